The van der Waals surface area contributed by atoms with E-state index in [0.717, 1.165) is 22.9 Å². The van der Waals surface area contributed by atoms with Crippen molar-refractivity contribution < 1.29 is 14.5 Å². The van der Waals surface area contributed by atoms with Gasteiger partial charge in [0, 0.05) is 18.0 Å². The van der Waals surface area contributed by atoms with Gasteiger partial charge in [-0.15, -0.1) is 0 Å². The van der Waals surface area contributed by atoms with Crippen molar-refractivity contribution in [1.82, 2.24) is 10.3 Å². The molecule has 8 heteroatoms. The van der Waals surface area contributed by atoms with Crippen LogP contribution in [-0.4, -0.2) is 29.2 Å². The molecule has 8 nitrogen and oxygen atoms in total. The predicted molar refractivity (Wildman–Crippen MR) is 138 cm³/mol. The molecule has 0 spiro atoms. The number of hydrogen-bond donors (Lipinski definition) is 2. The lowest BCUT2D eigenvalue weighted by molar-refractivity contribution is -0.386. The summed E-state index contributed by atoms with van der Waals surface area (Å²) in [4.78, 5) is 37.7. The van der Waals surface area contributed by atoms with Crippen LogP contribution in [-0.2, 0) is 4.74 Å². The lowest BCUT2D eigenvalue weighted by atomic mass is 9.98. The smallest absolute Gasteiger partial charge is 0.407 e. The first-order chi connectivity index (χ1) is 17.5. The maximum Gasteiger partial charge on any atom is 0.407 e. The second-order valence-electron chi connectivity index (χ2n) is 8.51. The molecular weight excluding hydrogens is 458 g/mol. The van der Waals surface area contributed by atoms with Gasteiger partial charge in [0.15, 0.2) is 0 Å². The van der Waals surface area contributed by atoms with Crippen LogP contribution in [0.3, 0.4) is 0 Å². The van der Waals surface area contributed by atoms with Crippen molar-refractivity contribution in [1.29, 1.82) is 0 Å². The minimum atomic E-state index is -0.699. The summed E-state index contributed by atoms with van der Waals surface area (Å²) in [6.45, 7) is 0.639. The number of pyridine rings is 1. The number of carbonyl (C=O) groups excluding carboxylic acids is 1. The number of carbonyl (C=O) groups is 1. The number of nitrogens with one attached hydrogen (secondary N) is 2. The third-order valence-corrected chi connectivity index (χ3v) is 6.32. The number of nitrogens with zero attached hydrogens (tertiary/aromatic N) is 1. The summed E-state index contributed by atoms with van der Waals surface area (Å²) in [6, 6.07) is 21.5. The zero-order valence-electron chi connectivity index (χ0n) is 19.3. The Morgan fingerprint density at radius 2 is 1.75 bits per heavy atom. The summed E-state index contributed by atoms with van der Waals surface area (Å²) in [7, 11) is 0. The number of H-pyrrole nitrogens is 1. The number of aromatic amines is 1. The quantitative estimate of drug-likeness (QED) is 0.209. The molecule has 0 atom stereocenters. The molecule has 1 aromatic heterocycles. The number of rotatable bonds is 7. The Morgan fingerprint density at radius 3 is 2.44 bits per heavy atom. The maximum absolute atomic E-state index is 12.3. The molecule has 2 N–H and O–H groups in total. The van der Waals surface area contributed by atoms with Crippen LogP contribution >= 0.6 is 0 Å². The summed E-state index contributed by atoms with van der Waals surface area (Å²) in [5.74, 6) is 0.00919. The Labute approximate surface area is 206 Å². The first kappa shape index (κ1) is 23.0. The number of aromatic nitrogens is 1. The standard InChI is InChI=1S/C28H23N3O5/c32-27-23-15-18(12-13-25(23)30-16-26(27)31(34)35)7-5-6-14-29-28(33)36-17-24-21-10-3-1-8-19(21)20-9-2-4-11-22(20)24/h1-5,7-13,15-16,24H,6,14,17H2,(H,29,33)(H,30,32). The molecule has 5 rings (SSSR count). The summed E-state index contributed by atoms with van der Waals surface area (Å²) in [6.07, 6.45) is 4.84. The Balaban J connectivity index is 1.15. The van der Waals surface area contributed by atoms with Crippen molar-refractivity contribution >= 4 is 28.8 Å². The Morgan fingerprint density at radius 1 is 1.06 bits per heavy atom. The molecule has 0 saturated carbocycles. The van der Waals surface area contributed by atoms with E-state index < -0.39 is 22.1 Å². The van der Waals surface area contributed by atoms with Gasteiger partial charge >= 0.3 is 11.8 Å². The molecule has 0 bridgehead atoms. The monoisotopic (exact) mass is 481 g/mol. The number of fused-ring (bicyclic) bond motifs is 4. The van der Waals surface area contributed by atoms with Crippen LogP contribution in [0.5, 0.6) is 0 Å². The average molecular weight is 482 g/mol. The normalized spacial score (nSPS) is 12.4. The van der Waals surface area contributed by atoms with Crippen LogP contribution in [0, 0.1) is 10.1 Å². The zero-order valence-corrected chi connectivity index (χ0v) is 19.3. The van der Waals surface area contributed by atoms with E-state index in [1.807, 2.05) is 30.3 Å². The van der Waals surface area contributed by atoms with Crippen LogP contribution in [0.25, 0.3) is 28.1 Å². The van der Waals surface area contributed by atoms with Crippen LogP contribution in [0.4, 0.5) is 10.5 Å². The van der Waals surface area contributed by atoms with Gasteiger partial charge in [-0.2, -0.15) is 0 Å². The molecule has 1 heterocycles. The molecule has 0 saturated heterocycles. The van der Waals surface area contributed by atoms with Crippen molar-refractivity contribution in [2.24, 2.45) is 0 Å². The molecule has 3 aromatic carbocycles. The number of benzene rings is 3. The number of alkyl carbamates (subject to hydrolysis) is 1. The minimum Gasteiger partial charge on any atom is -0.449 e. The zero-order chi connectivity index (χ0) is 25.1. The van der Waals surface area contributed by atoms with Crippen molar-refractivity contribution in [2.45, 2.75) is 12.3 Å². The lowest BCUT2D eigenvalue weighted by Gasteiger charge is -2.14. The Kier molecular flexibility index (Phi) is 6.32. The van der Waals surface area contributed by atoms with E-state index in [-0.39, 0.29) is 17.9 Å². The van der Waals surface area contributed by atoms with Crippen molar-refractivity contribution in [2.75, 3.05) is 13.2 Å². The van der Waals surface area contributed by atoms with Crippen LogP contribution in [0.2, 0.25) is 0 Å². The van der Waals surface area contributed by atoms with E-state index in [2.05, 4.69) is 34.6 Å². The van der Waals surface area contributed by atoms with Gasteiger partial charge in [-0.3, -0.25) is 14.9 Å². The molecule has 1 amide bonds. The van der Waals surface area contributed by atoms with E-state index in [9.17, 15) is 19.7 Å². The largest absolute Gasteiger partial charge is 0.449 e. The maximum atomic E-state index is 12.3. The Hall–Kier alpha value is -4.72. The highest BCUT2D eigenvalue weighted by molar-refractivity contribution is 5.83. The fraction of sp³-hybridized carbons (Fsp3) is 0.143. The number of ether oxygens (including phenoxy) is 1. The van der Waals surface area contributed by atoms with E-state index in [1.165, 1.54) is 11.1 Å². The SMILES string of the molecule is O=C(NCCC=Cc1ccc2[nH]cc([N+](=O)[O-])c(=O)c2c1)OCC1c2ccccc2-c2ccccc21. The van der Waals surface area contributed by atoms with Gasteiger partial charge in [-0.05, 0) is 46.4 Å². The summed E-state index contributed by atoms with van der Waals surface area (Å²) >= 11 is 0. The van der Waals surface area contributed by atoms with Gasteiger partial charge in [-0.1, -0.05) is 66.7 Å². The predicted octanol–water partition coefficient (Wildman–Crippen LogP) is 5.38. The van der Waals surface area contributed by atoms with Crippen molar-refractivity contribution in [3.63, 3.8) is 0 Å². The molecule has 0 unspecified atom stereocenters. The highest BCUT2D eigenvalue weighted by Gasteiger charge is 2.28. The van der Waals surface area contributed by atoms with Crippen LogP contribution in [0.1, 0.15) is 29.0 Å². The second kappa shape index (κ2) is 9.87. The fourth-order valence-electron chi connectivity index (χ4n) is 4.59. The lowest BCUT2D eigenvalue weighted by Crippen LogP contribution is -2.26. The van der Waals surface area contributed by atoms with Crippen LogP contribution < -0.4 is 10.7 Å². The minimum absolute atomic E-state index is 0.00919. The highest BCUT2D eigenvalue weighted by Crippen LogP contribution is 2.44. The topological polar surface area (TPSA) is 114 Å². The third kappa shape index (κ3) is 4.48. The summed E-state index contributed by atoms with van der Waals surface area (Å²) in [5.41, 5.74) is 4.82. The van der Waals surface area contributed by atoms with Gasteiger partial charge in [0.2, 0.25) is 0 Å². The number of amides is 1. The first-order valence-corrected chi connectivity index (χ1v) is 11.6. The molecule has 4 aromatic rings. The van der Waals surface area contributed by atoms with Gasteiger partial charge < -0.3 is 15.0 Å². The van der Waals surface area contributed by atoms with Gasteiger partial charge in [0.05, 0.1) is 16.5 Å². The fourth-order valence-corrected chi connectivity index (χ4v) is 4.59. The van der Waals surface area contributed by atoms with Gasteiger partial charge in [-0.25, -0.2) is 4.79 Å². The highest BCUT2D eigenvalue weighted by atomic mass is 16.6. The number of hydrogen-bond acceptors (Lipinski definition) is 5. The van der Waals surface area contributed by atoms with Crippen molar-refractivity contribution in [3.05, 3.63) is 116 Å². The van der Waals surface area contributed by atoms with Crippen LogP contribution in [0.15, 0.2) is 83.8 Å². The molecule has 1 aliphatic carbocycles. The summed E-state index contributed by atoms with van der Waals surface area (Å²) in [5, 5.41) is 14.0. The van der Waals surface area contributed by atoms with E-state index in [1.54, 1.807) is 24.3 Å². The summed E-state index contributed by atoms with van der Waals surface area (Å²) < 4.78 is 5.53. The molecule has 0 aliphatic heterocycles. The van der Waals surface area contributed by atoms with E-state index in [4.69, 9.17) is 4.74 Å². The molecule has 0 fully saturated rings. The molecule has 36 heavy (non-hydrogen) atoms. The molecule has 180 valence electrons. The third-order valence-electron chi connectivity index (χ3n) is 6.32. The second-order valence-corrected chi connectivity index (χ2v) is 8.51. The Bertz CT molecular complexity index is 1510. The molecular formula is C28H23N3O5. The van der Waals surface area contributed by atoms with Gasteiger partial charge in [0.25, 0.3) is 5.43 Å². The van der Waals surface area contributed by atoms with Gasteiger partial charge in [0.1, 0.15) is 6.61 Å². The molecule has 0 radical (unpaired) electrons. The van der Waals surface area contributed by atoms with Crippen molar-refractivity contribution in [3.8, 4) is 11.1 Å². The number of nitro groups is 1. The average Bonchev–Trinajstić information content (AvgIpc) is 3.21. The first-order valence-electron chi connectivity index (χ1n) is 11.6. The van der Waals surface area contributed by atoms with E-state index >= 15 is 0 Å². The molecule has 1 aliphatic rings. The van der Waals surface area contributed by atoms with E-state index in [0.29, 0.717) is 18.5 Å².